The van der Waals surface area contributed by atoms with E-state index in [9.17, 15) is 9.59 Å². The van der Waals surface area contributed by atoms with Gasteiger partial charge in [-0.2, -0.15) is 5.43 Å². The molecule has 2 aromatic carbocycles. The van der Waals surface area contributed by atoms with Crippen LogP contribution in [0.1, 0.15) is 12.5 Å². The summed E-state index contributed by atoms with van der Waals surface area (Å²) >= 11 is 3.37. The van der Waals surface area contributed by atoms with E-state index in [1.807, 2.05) is 36.4 Å². The molecule has 27 heavy (non-hydrogen) atoms. The number of nitrogens with zero attached hydrogens (tertiary/aromatic N) is 2. The number of rotatable bonds is 6. The molecule has 1 saturated heterocycles. The first-order chi connectivity index (χ1) is 13.0. The molecule has 142 valence electrons. The number of amides is 2. The highest BCUT2D eigenvalue weighted by Crippen LogP contribution is 2.25. The second-order valence-electron chi connectivity index (χ2n) is 5.86. The summed E-state index contributed by atoms with van der Waals surface area (Å²) in [6, 6.07) is 14.3. The summed E-state index contributed by atoms with van der Waals surface area (Å²) in [5.74, 6) is 0.179. The molecule has 7 nitrogen and oxygen atoms in total. The van der Waals surface area contributed by atoms with Crippen molar-refractivity contribution < 1.29 is 19.1 Å². The molecule has 0 bridgehead atoms. The van der Waals surface area contributed by atoms with Crippen molar-refractivity contribution in [1.29, 1.82) is 0 Å². The Kier molecular flexibility index (Phi) is 5.98. The van der Waals surface area contributed by atoms with Crippen molar-refractivity contribution in [3.8, 4) is 5.75 Å². The molecular formula is C19H20BrN3O4. The normalized spacial score (nSPS) is 16.6. The van der Waals surface area contributed by atoms with E-state index in [1.165, 1.54) is 9.91 Å². The lowest BCUT2D eigenvalue weighted by Gasteiger charge is -2.21. The number of ether oxygens (including phenoxy) is 2. The standard InChI is InChI=1S/C19H20BrN3O4/c1-3-27-18(24)17-21-23(15-9-7-14(20)8-10-15)19(25)22(17)12-13-5-4-6-16(11-13)26-2/h4-11,17,21H,3,12H2,1-2H3. The van der Waals surface area contributed by atoms with E-state index in [0.29, 0.717) is 11.4 Å². The lowest BCUT2D eigenvalue weighted by molar-refractivity contribution is -0.148. The molecule has 1 atom stereocenters. The second-order valence-corrected chi connectivity index (χ2v) is 6.77. The Labute approximate surface area is 165 Å². The zero-order chi connectivity index (χ0) is 19.4. The van der Waals surface area contributed by atoms with Crippen LogP contribution in [0.2, 0.25) is 0 Å². The maximum absolute atomic E-state index is 13.0. The van der Waals surface area contributed by atoms with Crippen LogP contribution in [0.5, 0.6) is 5.75 Å². The van der Waals surface area contributed by atoms with Crippen molar-refractivity contribution >= 4 is 33.6 Å². The number of anilines is 1. The zero-order valence-electron chi connectivity index (χ0n) is 15.0. The van der Waals surface area contributed by atoms with Crippen LogP contribution in [-0.2, 0) is 16.1 Å². The summed E-state index contributed by atoms with van der Waals surface area (Å²) in [7, 11) is 1.58. The van der Waals surface area contributed by atoms with Crippen molar-refractivity contribution in [2.24, 2.45) is 0 Å². The Morgan fingerprint density at radius 3 is 2.63 bits per heavy atom. The molecule has 2 amide bonds. The molecule has 8 heteroatoms. The number of carbonyl (C=O) groups is 2. The van der Waals surface area contributed by atoms with Crippen molar-refractivity contribution in [1.82, 2.24) is 10.3 Å². The minimum Gasteiger partial charge on any atom is -0.497 e. The molecule has 3 rings (SSSR count). The molecule has 1 aliphatic rings. The molecule has 0 spiro atoms. The molecule has 2 aromatic rings. The number of methoxy groups -OCH3 is 1. The van der Waals surface area contributed by atoms with Gasteiger partial charge in [0.05, 0.1) is 19.4 Å². The van der Waals surface area contributed by atoms with Gasteiger partial charge in [-0.15, -0.1) is 0 Å². The number of benzene rings is 2. The van der Waals surface area contributed by atoms with Gasteiger partial charge in [0.2, 0.25) is 6.17 Å². The molecule has 1 fully saturated rings. The SMILES string of the molecule is CCOC(=O)C1NN(c2ccc(Br)cc2)C(=O)N1Cc1cccc(OC)c1. The molecule has 1 N–H and O–H groups in total. The summed E-state index contributed by atoms with van der Waals surface area (Å²) in [5.41, 5.74) is 4.42. The Morgan fingerprint density at radius 1 is 1.22 bits per heavy atom. The van der Waals surface area contributed by atoms with Crippen LogP contribution in [0.3, 0.4) is 0 Å². The Bertz CT molecular complexity index is 828. The fraction of sp³-hybridized carbons (Fsp3) is 0.263. The number of halogens is 1. The summed E-state index contributed by atoms with van der Waals surface area (Å²) < 4.78 is 11.3. The third-order valence-electron chi connectivity index (χ3n) is 4.08. The lowest BCUT2D eigenvalue weighted by atomic mass is 10.2. The second kappa shape index (κ2) is 8.41. The Balaban J connectivity index is 1.88. The molecule has 0 saturated carbocycles. The number of hydrogen-bond acceptors (Lipinski definition) is 5. The minimum atomic E-state index is -0.910. The van der Waals surface area contributed by atoms with Crippen LogP contribution in [0, 0.1) is 0 Å². The summed E-state index contributed by atoms with van der Waals surface area (Å²) in [5, 5.41) is 1.36. The molecule has 0 radical (unpaired) electrons. The van der Waals surface area contributed by atoms with E-state index in [4.69, 9.17) is 9.47 Å². The largest absolute Gasteiger partial charge is 0.497 e. The maximum Gasteiger partial charge on any atom is 0.345 e. The predicted molar refractivity (Wildman–Crippen MR) is 104 cm³/mol. The van der Waals surface area contributed by atoms with Gasteiger partial charge in [-0.1, -0.05) is 28.1 Å². The quantitative estimate of drug-likeness (QED) is 0.707. The summed E-state index contributed by atoms with van der Waals surface area (Å²) in [4.78, 5) is 26.9. The van der Waals surface area contributed by atoms with Gasteiger partial charge in [-0.3, -0.25) is 4.90 Å². The summed E-state index contributed by atoms with van der Waals surface area (Å²) in [6.45, 7) is 2.20. The van der Waals surface area contributed by atoms with Crippen LogP contribution in [0.4, 0.5) is 10.5 Å². The van der Waals surface area contributed by atoms with Crippen molar-refractivity contribution in [3.63, 3.8) is 0 Å². The highest BCUT2D eigenvalue weighted by atomic mass is 79.9. The van der Waals surface area contributed by atoms with Gasteiger partial charge >= 0.3 is 12.0 Å². The van der Waals surface area contributed by atoms with Crippen LogP contribution in [0.25, 0.3) is 0 Å². The first-order valence-electron chi connectivity index (χ1n) is 8.45. The predicted octanol–water partition coefficient (Wildman–Crippen LogP) is 3.29. The van der Waals surface area contributed by atoms with Crippen molar-refractivity contribution in [2.75, 3.05) is 18.7 Å². The Morgan fingerprint density at radius 2 is 1.96 bits per heavy atom. The van der Waals surface area contributed by atoms with E-state index in [2.05, 4.69) is 21.4 Å². The molecule has 1 unspecified atom stereocenters. The van der Waals surface area contributed by atoms with Crippen molar-refractivity contribution in [2.45, 2.75) is 19.6 Å². The zero-order valence-corrected chi connectivity index (χ0v) is 16.6. The first kappa shape index (κ1) is 19.2. The Hall–Kier alpha value is -2.58. The molecular weight excluding hydrogens is 414 g/mol. The number of nitrogens with one attached hydrogen (secondary N) is 1. The maximum atomic E-state index is 13.0. The highest BCUT2D eigenvalue weighted by Gasteiger charge is 2.42. The third-order valence-corrected chi connectivity index (χ3v) is 4.61. The number of urea groups is 1. The number of esters is 1. The molecule has 1 aliphatic heterocycles. The average Bonchev–Trinajstić information content (AvgIpc) is 2.99. The number of hydrogen-bond donors (Lipinski definition) is 1. The van der Waals surface area contributed by atoms with Crippen LogP contribution in [-0.4, -0.2) is 36.8 Å². The van der Waals surface area contributed by atoms with E-state index < -0.39 is 12.1 Å². The first-order valence-corrected chi connectivity index (χ1v) is 9.24. The fourth-order valence-electron chi connectivity index (χ4n) is 2.79. The molecule has 0 aliphatic carbocycles. The van der Waals surface area contributed by atoms with Crippen molar-refractivity contribution in [3.05, 3.63) is 58.6 Å². The van der Waals surface area contributed by atoms with Gasteiger partial charge in [0.25, 0.3) is 0 Å². The minimum absolute atomic E-state index is 0.233. The third kappa shape index (κ3) is 4.23. The van der Waals surface area contributed by atoms with E-state index in [-0.39, 0.29) is 19.2 Å². The van der Waals surface area contributed by atoms with Gasteiger partial charge in [-0.05, 0) is 48.9 Å². The summed E-state index contributed by atoms with van der Waals surface area (Å²) in [6.07, 6.45) is -0.910. The van der Waals surface area contributed by atoms with Crippen LogP contribution in [0.15, 0.2) is 53.0 Å². The smallest absolute Gasteiger partial charge is 0.345 e. The van der Waals surface area contributed by atoms with Gasteiger partial charge in [-0.25, -0.2) is 14.6 Å². The van der Waals surface area contributed by atoms with Gasteiger partial charge in [0.1, 0.15) is 5.75 Å². The lowest BCUT2D eigenvalue weighted by Crippen LogP contribution is -2.45. The molecule has 0 aromatic heterocycles. The molecule has 1 heterocycles. The van der Waals surface area contributed by atoms with Crippen LogP contribution < -0.4 is 15.2 Å². The number of carbonyl (C=O) groups excluding carboxylic acids is 2. The van der Waals surface area contributed by atoms with Gasteiger partial charge in [0, 0.05) is 11.0 Å². The fourth-order valence-corrected chi connectivity index (χ4v) is 3.05. The van der Waals surface area contributed by atoms with E-state index >= 15 is 0 Å². The topological polar surface area (TPSA) is 71.1 Å². The average molecular weight is 434 g/mol. The van der Waals surface area contributed by atoms with Gasteiger partial charge in [0.15, 0.2) is 0 Å². The van der Waals surface area contributed by atoms with Gasteiger partial charge < -0.3 is 9.47 Å². The number of hydrazine groups is 1. The monoisotopic (exact) mass is 433 g/mol. The van der Waals surface area contributed by atoms with E-state index in [0.717, 1.165) is 10.0 Å². The van der Waals surface area contributed by atoms with Crippen LogP contribution >= 0.6 is 15.9 Å². The van der Waals surface area contributed by atoms with E-state index in [1.54, 1.807) is 26.2 Å². The highest BCUT2D eigenvalue weighted by molar-refractivity contribution is 9.10.